The Hall–Kier alpha value is -2.19. The Morgan fingerprint density at radius 2 is 1.67 bits per heavy atom. The molecular weight excluding hydrogens is 258 g/mol. The Balaban J connectivity index is 2.29. The first-order chi connectivity index (χ1) is 8.36. The van der Waals surface area contributed by atoms with Gasteiger partial charge in [0.2, 0.25) is 10.0 Å². The standard InChI is InChI=1S/C10H9N3O4S/c11-18(16,17)7-3-1-6(2-4-7)5-8-9(14)13-10(15)12-8/h1-5H,(H2,11,16,17)(H2,12,13,14,15)/b8-5-. The second-order valence-electron chi connectivity index (χ2n) is 3.58. The van der Waals surface area contributed by atoms with Crippen LogP contribution >= 0.6 is 0 Å². The molecule has 1 saturated heterocycles. The highest BCUT2D eigenvalue weighted by molar-refractivity contribution is 7.89. The van der Waals surface area contributed by atoms with Crippen LogP contribution in [-0.2, 0) is 14.8 Å². The minimum atomic E-state index is -3.74. The van der Waals surface area contributed by atoms with Crippen LogP contribution in [-0.4, -0.2) is 20.4 Å². The van der Waals surface area contributed by atoms with Crippen molar-refractivity contribution in [1.29, 1.82) is 0 Å². The highest BCUT2D eigenvalue weighted by Gasteiger charge is 2.22. The lowest BCUT2D eigenvalue weighted by molar-refractivity contribution is -0.115. The van der Waals surface area contributed by atoms with E-state index in [1.54, 1.807) is 0 Å². The number of carbonyl (C=O) groups excluding carboxylic acids is 2. The number of nitrogens with one attached hydrogen (secondary N) is 2. The molecule has 0 saturated carbocycles. The van der Waals surface area contributed by atoms with E-state index in [2.05, 4.69) is 5.32 Å². The van der Waals surface area contributed by atoms with Crippen molar-refractivity contribution in [2.24, 2.45) is 5.14 Å². The Morgan fingerprint density at radius 3 is 2.11 bits per heavy atom. The average molecular weight is 267 g/mol. The largest absolute Gasteiger partial charge is 0.326 e. The fourth-order valence-corrected chi connectivity index (χ4v) is 1.92. The molecule has 0 spiro atoms. The maximum atomic E-state index is 11.2. The molecule has 0 unspecified atom stereocenters. The predicted molar refractivity (Wildman–Crippen MR) is 62.5 cm³/mol. The molecule has 2 rings (SSSR count). The summed E-state index contributed by atoms with van der Waals surface area (Å²) in [4.78, 5) is 22.1. The van der Waals surface area contributed by atoms with Crippen molar-refractivity contribution in [3.8, 4) is 0 Å². The van der Waals surface area contributed by atoms with E-state index in [9.17, 15) is 18.0 Å². The normalized spacial score (nSPS) is 17.7. The van der Waals surface area contributed by atoms with E-state index in [1.165, 1.54) is 30.3 Å². The lowest BCUT2D eigenvalue weighted by atomic mass is 10.2. The third-order valence-corrected chi connectivity index (χ3v) is 3.17. The van der Waals surface area contributed by atoms with Crippen molar-refractivity contribution >= 4 is 28.0 Å². The first-order valence-electron chi connectivity index (χ1n) is 4.83. The second-order valence-corrected chi connectivity index (χ2v) is 5.14. The number of hydrogen-bond acceptors (Lipinski definition) is 4. The zero-order valence-electron chi connectivity index (χ0n) is 9.01. The lowest BCUT2D eigenvalue weighted by Gasteiger charge is -1.99. The van der Waals surface area contributed by atoms with Gasteiger partial charge in [-0.15, -0.1) is 0 Å². The number of primary sulfonamides is 1. The second kappa shape index (κ2) is 4.24. The Morgan fingerprint density at radius 1 is 1.06 bits per heavy atom. The molecule has 3 amide bonds. The van der Waals surface area contributed by atoms with Gasteiger partial charge >= 0.3 is 6.03 Å². The molecule has 1 aliphatic rings. The summed E-state index contributed by atoms with van der Waals surface area (Å²) in [6, 6.07) is 4.99. The monoisotopic (exact) mass is 267 g/mol. The van der Waals surface area contributed by atoms with E-state index in [0.29, 0.717) is 5.56 Å². The summed E-state index contributed by atoms with van der Waals surface area (Å²) < 4.78 is 22.1. The molecule has 7 nitrogen and oxygen atoms in total. The minimum Gasteiger partial charge on any atom is -0.303 e. The van der Waals surface area contributed by atoms with Gasteiger partial charge in [0, 0.05) is 0 Å². The van der Waals surface area contributed by atoms with Crippen molar-refractivity contribution in [2.45, 2.75) is 4.90 Å². The average Bonchev–Trinajstić information content (AvgIpc) is 2.57. The van der Waals surface area contributed by atoms with Gasteiger partial charge in [-0.05, 0) is 23.8 Å². The van der Waals surface area contributed by atoms with Gasteiger partial charge in [-0.1, -0.05) is 12.1 Å². The van der Waals surface area contributed by atoms with Gasteiger partial charge in [0.05, 0.1) is 4.90 Å². The van der Waals surface area contributed by atoms with Crippen LogP contribution in [0.15, 0.2) is 34.9 Å². The van der Waals surface area contributed by atoms with Crippen molar-refractivity contribution < 1.29 is 18.0 Å². The van der Waals surface area contributed by atoms with Crippen LogP contribution in [0.5, 0.6) is 0 Å². The summed E-state index contributed by atoms with van der Waals surface area (Å²) in [6.45, 7) is 0. The number of carbonyl (C=O) groups is 2. The number of sulfonamides is 1. The number of urea groups is 1. The summed E-state index contributed by atoms with van der Waals surface area (Å²) in [5.74, 6) is -0.532. The van der Waals surface area contributed by atoms with Crippen LogP contribution in [0, 0.1) is 0 Å². The highest BCUT2D eigenvalue weighted by Crippen LogP contribution is 2.12. The van der Waals surface area contributed by atoms with E-state index in [1.807, 2.05) is 5.32 Å². The molecule has 94 valence electrons. The molecule has 1 fully saturated rings. The number of benzene rings is 1. The van der Waals surface area contributed by atoms with Gasteiger partial charge in [-0.2, -0.15) is 0 Å². The molecular formula is C10H9N3O4S. The Kier molecular flexibility index (Phi) is 2.89. The van der Waals surface area contributed by atoms with E-state index in [0.717, 1.165) is 0 Å². The molecule has 0 bridgehead atoms. The van der Waals surface area contributed by atoms with E-state index >= 15 is 0 Å². The number of amides is 3. The molecule has 1 aromatic rings. The number of nitrogens with two attached hydrogens (primary N) is 1. The SMILES string of the molecule is NS(=O)(=O)c1ccc(/C=C2\NC(=O)NC2=O)cc1. The molecule has 18 heavy (non-hydrogen) atoms. The van der Waals surface area contributed by atoms with Crippen LogP contribution in [0.4, 0.5) is 4.79 Å². The van der Waals surface area contributed by atoms with Crippen LogP contribution in [0.3, 0.4) is 0 Å². The van der Waals surface area contributed by atoms with Crippen LogP contribution < -0.4 is 15.8 Å². The summed E-state index contributed by atoms with van der Waals surface area (Å²) >= 11 is 0. The van der Waals surface area contributed by atoms with E-state index < -0.39 is 22.0 Å². The van der Waals surface area contributed by atoms with Crippen molar-refractivity contribution in [3.05, 3.63) is 35.5 Å². The highest BCUT2D eigenvalue weighted by atomic mass is 32.2. The van der Waals surface area contributed by atoms with Crippen LogP contribution in [0.2, 0.25) is 0 Å². The molecule has 0 aromatic heterocycles. The maximum absolute atomic E-state index is 11.2. The smallest absolute Gasteiger partial charge is 0.303 e. The van der Waals surface area contributed by atoms with E-state index in [-0.39, 0.29) is 10.6 Å². The molecule has 8 heteroatoms. The predicted octanol–water partition coefficient (Wildman–Crippen LogP) is -0.486. The first-order valence-corrected chi connectivity index (χ1v) is 6.38. The fraction of sp³-hybridized carbons (Fsp3) is 0. The zero-order valence-corrected chi connectivity index (χ0v) is 9.82. The van der Waals surface area contributed by atoms with Gasteiger partial charge < -0.3 is 5.32 Å². The topological polar surface area (TPSA) is 118 Å². The third-order valence-electron chi connectivity index (χ3n) is 2.24. The molecule has 0 aliphatic carbocycles. The lowest BCUT2D eigenvalue weighted by Crippen LogP contribution is -2.22. The molecule has 1 heterocycles. The third kappa shape index (κ3) is 2.55. The van der Waals surface area contributed by atoms with Gasteiger partial charge in [-0.25, -0.2) is 18.4 Å². The first kappa shape index (κ1) is 12.3. The van der Waals surface area contributed by atoms with Gasteiger partial charge in [0.15, 0.2) is 0 Å². The molecule has 1 aliphatic heterocycles. The number of hydrogen-bond donors (Lipinski definition) is 3. The van der Waals surface area contributed by atoms with Crippen molar-refractivity contribution in [3.63, 3.8) is 0 Å². The summed E-state index contributed by atoms with van der Waals surface area (Å²) in [6.07, 6.45) is 1.42. The quantitative estimate of drug-likeness (QED) is 0.495. The maximum Gasteiger partial charge on any atom is 0.326 e. The summed E-state index contributed by atoms with van der Waals surface area (Å²) in [5.41, 5.74) is 0.665. The minimum absolute atomic E-state index is 0.0236. The van der Waals surface area contributed by atoms with E-state index in [4.69, 9.17) is 5.14 Å². The molecule has 1 aromatic carbocycles. The zero-order chi connectivity index (χ0) is 13.3. The summed E-state index contributed by atoms with van der Waals surface area (Å²) in [7, 11) is -3.74. The van der Waals surface area contributed by atoms with Crippen LogP contribution in [0.25, 0.3) is 6.08 Å². The Bertz CT molecular complexity index is 646. The molecule has 4 N–H and O–H groups in total. The van der Waals surface area contributed by atoms with Gasteiger partial charge in [-0.3, -0.25) is 10.1 Å². The van der Waals surface area contributed by atoms with Crippen molar-refractivity contribution in [2.75, 3.05) is 0 Å². The molecule has 0 radical (unpaired) electrons. The van der Waals surface area contributed by atoms with Crippen LogP contribution in [0.1, 0.15) is 5.56 Å². The Labute approximate surface area is 103 Å². The van der Waals surface area contributed by atoms with Gasteiger partial charge in [0.1, 0.15) is 5.70 Å². The summed E-state index contributed by atoms with van der Waals surface area (Å²) in [5, 5.41) is 9.31. The number of imide groups is 1. The van der Waals surface area contributed by atoms with Gasteiger partial charge in [0.25, 0.3) is 5.91 Å². The fourth-order valence-electron chi connectivity index (χ4n) is 1.40. The number of rotatable bonds is 2. The van der Waals surface area contributed by atoms with Crippen molar-refractivity contribution in [1.82, 2.24) is 10.6 Å². The molecule has 0 atom stereocenters.